The van der Waals surface area contributed by atoms with Crippen LogP contribution in [0.2, 0.25) is 10.0 Å². The zero-order chi connectivity index (χ0) is 27.0. The van der Waals surface area contributed by atoms with E-state index in [2.05, 4.69) is 11.0 Å². The Morgan fingerprint density at radius 1 is 1.08 bits per heavy atom. The molecule has 1 aliphatic heterocycles. The van der Waals surface area contributed by atoms with Gasteiger partial charge in [0, 0.05) is 26.5 Å². The molecule has 2 aromatic carbocycles. The predicted octanol–water partition coefficient (Wildman–Crippen LogP) is 6.28. The summed E-state index contributed by atoms with van der Waals surface area (Å²) in [6, 6.07) is 5.83. The van der Waals surface area contributed by atoms with Crippen molar-refractivity contribution >= 4 is 35.1 Å². The standard InChI is InChI=1S/C26H23Cl2F3N2O4/c27-18-11-9-17(10-12-18)25(14-32)20(16-7-4-8-19(28)13-16)21(23(34)35)33(26(29,30)24(36)37-31)22(25)15-5-2-1-3-6-15/h4,7-13,15,20-22H,1-3,5-6H2,(H,34,35)/t20-,21+,22-,25+/m0/s1. The van der Waals surface area contributed by atoms with E-state index in [-0.39, 0.29) is 21.0 Å². The molecule has 0 radical (unpaired) electrons. The lowest BCUT2D eigenvalue weighted by Gasteiger charge is -2.43. The number of benzene rings is 2. The van der Waals surface area contributed by atoms with Crippen molar-refractivity contribution in [2.75, 3.05) is 0 Å². The molecule has 0 bridgehead atoms. The Morgan fingerprint density at radius 2 is 1.73 bits per heavy atom. The largest absolute Gasteiger partial charge is 0.480 e. The van der Waals surface area contributed by atoms with Gasteiger partial charge >= 0.3 is 18.0 Å². The van der Waals surface area contributed by atoms with Gasteiger partial charge in [-0.15, -0.1) is 0 Å². The SMILES string of the molecule is N#C[C@]1(c2ccc(Cl)cc2)[C@H](C2CCCCC2)N(C(F)(F)C(=O)OF)[C@@H](C(=O)O)[C@@H]1c1cccc(Cl)c1. The molecule has 1 aliphatic carbocycles. The number of carbonyl (C=O) groups is 2. The third-order valence-corrected chi connectivity index (χ3v) is 8.06. The smallest absolute Gasteiger partial charge is 0.434 e. The third kappa shape index (κ3) is 4.56. The number of halogens is 5. The molecule has 0 unspecified atom stereocenters. The van der Waals surface area contributed by atoms with Crippen LogP contribution in [0.4, 0.5) is 13.3 Å². The summed E-state index contributed by atoms with van der Waals surface area (Å²) in [6.07, 6.45) is 2.99. The molecule has 1 heterocycles. The molecular weight excluding hydrogens is 532 g/mol. The van der Waals surface area contributed by atoms with Gasteiger partial charge in [-0.05, 0) is 54.2 Å². The Morgan fingerprint density at radius 3 is 2.27 bits per heavy atom. The summed E-state index contributed by atoms with van der Waals surface area (Å²) in [5.41, 5.74) is -1.44. The highest BCUT2D eigenvalue weighted by Gasteiger charge is 2.72. The second-order valence-electron chi connectivity index (χ2n) is 9.46. The first-order valence-electron chi connectivity index (χ1n) is 11.7. The molecule has 1 saturated carbocycles. The summed E-state index contributed by atoms with van der Waals surface area (Å²) in [5.74, 6) is -6.27. The van der Waals surface area contributed by atoms with Gasteiger partial charge in [0.25, 0.3) is 0 Å². The number of hydrogen-bond acceptors (Lipinski definition) is 5. The maximum absolute atomic E-state index is 15.8. The molecule has 11 heteroatoms. The van der Waals surface area contributed by atoms with Crippen molar-refractivity contribution in [3.8, 4) is 6.07 Å². The highest BCUT2D eigenvalue weighted by Crippen LogP contribution is 2.59. The number of nitrogens with zero attached hydrogens (tertiary/aromatic N) is 2. The summed E-state index contributed by atoms with van der Waals surface area (Å²) in [7, 11) is 0. The molecule has 0 amide bonds. The Bertz CT molecular complexity index is 1220. The van der Waals surface area contributed by atoms with Gasteiger partial charge in [-0.3, -0.25) is 4.79 Å². The molecule has 4 atom stereocenters. The van der Waals surface area contributed by atoms with E-state index in [9.17, 15) is 24.5 Å². The quantitative estimate of drug-likeness (QED) is 0.423. The average Bonchev–Trinajstić information content (AvgIpc) is 3.22. The minimum Gasteiger partial charge on any atom is -0.480 e. The minimum atomic E-state index is -4.69. The average molecular weight is 555 g/mol. The third-order valence-electron chi connectivity index (χ3n) is 7.58. The van der Waals surface area contributed by atoms with Crippen molar-refractivity contribution in [2.45, 2.75) is 61.6 Å². The van der Waals surface area contributed by atoms with E-state index < -0.39 is 47.3 Å². The van der Waals surface area contributed by atoms with Gasteiger partial charge < -0.3 is 5.11 Å². The van der Waals surface area contributed by atoms with E-state index in [1.807, 2.05) is 0 Å². The molecule has 1 saturated heterocycles. The fraction of sp³-hybridized carbons (Fsp3) is 0.423. The lowest BCUT2D eigenvalue weighted by Crippen LogP contribution is -2.60. The maximum atomic E-state index is 15.8. The van der Waals surface area contributed by atoms with Gasteiger partial charge in [0.1, 0.15) is 11.5 Å². The second kappa shape index (κ2) is 10.5. The molecule has 2 aliphatic rings. The summed E-state index contributed by atoms with van der Waals surface area (Å²) in [4.78, 5) is 28.0. The molecule has 1 N–H and O–H groups in total. The number of hydrogen-bond donors (Lipinski definition) is 1. The van der Waals surface area contributed by atoms with Crippen LogP contribution in [0.15, 0.2) is 48.5 Å². The fourth-order valence-electron chi connectivity index (χ4n) is 6.22. The Kier molecular flexibility index (Phi) is 7.75. The number of carboxylic acids is 1. The van der Waals surface area contributed by atoms with E-state index in [4.69, 9.17) is 23.2 Å². The number of alkyl halides is 2. The number of aliphatic carboxylic acids is 1. The normalized spacial score (nSPS) is 27.0. The van der Waals surface area contributed by atoms with Crippen molar-refractivity contribution < 1.29 is 32.9 Å². The van der Waals surface area contributed by atoms with Crippen LogP contribution in [0.1, 0.15) is 49.1 Å². The van der Waals surface area contributed by atoms with E-state index in [1.54, 1.807) is 0 Å². The van der Waals surface area contributed by atoms with Crippen LogP contribution >= 0.6 is 23.2 Å². The minimum absolute atomic E-state index is 0.191. The molecule has 6 nitrogen and oxygen atoms in total. The summed E-state index contributed by atoms with van der Waals surface area (Å²) in [6.45, 7) is 0. The van der Waals surface area contributed by atoms with Crippen LogP contribution in [-0.2, 0) is 19.9 Å². The maximum Gasteiger partial charge on any atom is 0.434 e. The Hall–Kier alpha value is -2.80. The van der Waals surface area contributed by atoms with Gasteiger partial charge in [0.15, 0.2) is 0 Å². The monoisotopic (exact) mass is 554 g/mol. The lowest BCUT2D eigenvalue weighted by atomic mass is 9.61. The first-order valence-corrected chi connectivity index (χ1v) is 12.5. The fourth-order valence-corrected chi connectivity index (χ4v) is 6.54. The molecule has 0 aromatic heterocycles. The highest BCUT2D eigenvalue weighted by atomic mass is 35.5. The van der Waals surface area contributed by atoms with Crippen molar-refractivity contribution in [3.05, 3.63) is 69.7 Å². The first kappa shape index (κ1) is 27.2. The second-order valence-corrected chi connectivity index (χ2v) is 10.3. The Labute approximate surface area is 221 Å². The van der Waals surface area contributed by atoms with Gasteiger partial charge in [0.2, 0.25) is 0 Å². The van der Waals surface area contributed by atoms with Gasteiger partial charge in [-0.1, -0.05) is 66.7 Å². The molecule has 2 aromatic rings. The van der Waals surface area contributed by atoms with Crippen molar-refractivity contribution in [2.24, 2.45) is 5.92 Å². The number of carboxylic acid groups (broad SMARTS) is 1. The van der Waals surface area contributed by atoms with E-state index >= 15 is 8.78 Å². The molecule has 37 heavy (non-hydrogen) atoms. The van der Waals surface area contributed by atoms with Gasteiger partial charge in [-0.25, -0.2) is 14.6 Å². The van der Waals surface area contributed by atoms with Crippen LogP contribution in [0.3, 0.4) is 0 Å². The van der Waals surface area contributed by atoms with Crippen molar-refractivity contribution in [3.63, 3.8) is 0 Å². The van der Waals surface area contributed by atoms with E-state index in [0.29, 0.717) is 30.7 Å². The number of rotatable bonds is 6. The molecule has 2 fully saturated rings. The highest BCUT2D eigenvalue weighted by molar-refractivity contribution is 6.30. The van der Waals surface area contributed by atoms with Crippen LogP contribution in [0.5, 0.6) is 0 Å². The number of carbonyl (C=O) groups excluding carboxylic acids is 1. The topological polar surface area (TPSA) is 90.6 Å². The molecule has 4 rings (SSSR count). The van der Waals surface area contributed by atoms with Gasteiger partial charge in [0.05, 0.1) is 6.07 Å². The zero-order valence-corrected chi connectivity index (χ0v) is 20.9. The summed E-state index contributed by atoms with van der Waals surface area (Å²) >= 11 is 12.3. The van der Waals surface area contributed by atoms with Crippen molar-refractivity contribution in [1.82, 2.24) is 4.90 Å². The van der Waals surface area contributed by atoms with Crippen LogP contribution in [-0.4, -0.2) is 40.1 Å². The summed E-state index contributed by atoms with van der Waals surface area (Å²) in [5, 5.41) is 21.7. The summed E-state index contributed by atoms with van der Waals surface area (Å²) < 4.78 is 44.5. The zero-order valence-electron chi connectivity index (χ0n) is 19.4. The van der Waals surface area contributed by atoms with Crippen LogP contribution < -0.4 is 0 Å². The van der Waals surface area contributed by atoms with Crippen LogP contribution in [0, 0.1) is 17.2 Å². The van der Waals surface area contributed by atoms with E-state index in [0.717, 1.165) is 6.42 Å². The van der Waals surface area contributed by atoms with Crippen molar-refractivity contribution in [1.29, 1.82) is 5.26 Å². The van der Waals surface area contributed by atoms with Crippen LogP contribution in [0.25, 0.3) is 0 Å². The lowest BCUT2D eigenvalue weighted by molar-refractivity contribution is -0.246. The number of nitriles is 1. The predicted molar refractivity (Wildman–Crippen MR) is 129 cm³/mol. The molecule has 196 valence electrons. The Balaban J connectivity index is 2.11. The van der Waals surface area contributed by atoms with E-state index in [1.165, 1.54) is 48.5 Å². The molecule has 0 spiro atoms. The van der Waals surface area contributed by atoms with Gasteiger partial charge in [-0.2, -0.15) is 14.0 Å². The number of likely N-dealkylation sites (tertiary alicyclic amines) is 1. The molecular formula is C26H23Cl2F3N2O4. The first-order chi connectivity index (χ1) is 17.6.